The Labute approximate surface area is 309 Å². The van der Waals surface area contributed by atoms with Crippen molar-refractivity contribution >= 4 is 11.7 Å². The molecule has 3 saturated heterocycles. The molecule has 0 spiro atoms. The van der Waals surface area contributed by atoms with Crippen LogP contribution in [0, 0.1) is 23.7 Å². The average molecular weight is 749 g/mol. The number of rotatable bonds is 7. The number of oxime groups is 1. The summed E-state index contributed by atoms with van der Waals surface area (Å²) in [5, 5.41) is 71.8. The first kappa shape index (κ1) is 44.9. The molecule has 6 N–H and O–H groups in total. The zero-order chi connectivity index (χ0) is 39.7. The molecule has 18 atom stereocenters. The summed E-state index contributed by atoms with van der Waals surface area (Å²) in [5.74, 6) is -4.24. The Morgan fingerprint density at radius 3 is 2.08 bits per heavy atom. The van der Waals surface area contributed by atoms with Crippen LogP contribution >= 0.6 is 0 Å². The van der Waals surface area contributed by atoms with E-state index in [1.165, 1.54) is 14.0 Å². The molecular weight excluding hydrogens is 680 g/mol. The highest BCUT2D eigenvalue weighted by Gasteiger charge is 2.53. The molecule has 0 aliphatic carbocycles. The Hall–Kier alpha value is -1.50. The Morgan fingerprint density at radius 2 is 1.54 bits per heavy atom. The van der Waals surface area contributed by atoms with Crippen LogP contribution in [0.3, 0.4) is 0 Å². The predicted molar refractivity (Wildman–Crippen MR) is 190 cm³/mol. The third-order valence-corrected chi connectivity index (χ3v) is 12.0. The minimum Gasteiger partial charge on any atom is -0.459 e. The molecule has 15 heteroatoms. The highest BCUT2D eigenvalue weighted by molar-refractivity contribution is 5.88. The van der Waals surface area contributed by atoms with E-state index in [4.69, 9.17) is 28.4 Å². The Balaban J connectivity index is 2.21. The number of aliphatic hydroxyl groups excluding tert-OH is 3. The van der Waals surface area contributed by atoms with E-state index in [1.54, 1.807) is 55.4 Å². The van der Waals surface area contributed by atoms with Crippen molar-refractivity contribution in [2.45, 2.75) is 179 Å². The van der Waals surface area contributed by atoms with Gasteiger partial charge in [-0.3, -0.25) is 4.79 Å². The maximum Gasteiger partial charge on any atom is 0.311 e. The van der Waals surface area contributed by atoms with Gasteiger partial charge in [0.15, 0.2) is 12.6 Å². The van der Waals surface area contributed by atoms with Gasteiger partial charge in [0.2, 0.25) is 0 Å². The van der Waals surface area contributed by atoms with Crippen LogP contribution in [0.1, 0.15) is 94.9 Å². The van der Waals surface area contributed by atoms with Gasteiger partial charge in [-0.15, -0.1) is 0 Å². The summed E-state index contributed by atoms with van der Waals surface area (Å²) >= 11 is 0. The second-order valence-corrected chi connectivity index (χ2v) is 16.6. The van der Waals surface area contributed by atoms with Crippen molar-refractivity contribution in [2.24, 2.45) is 28.8 Å². The molecule has 52 heavy (non-hydrogen) atoms. The quantitative estimate of drug-likeness (QED) is 0.125. The van der Waals surface area contributed by atoms with Gasteiger partial charge in [-0.05, 0) is 74.9 Å². The number of esters is 1. The molecule has 3 aliphatic rings. The number of methoxy groups -OCH3 is 1. The summed E-state index contributed by atoms with van der Waals surface area (Å²) in [6.07, 6.45) is -9.51. The van der Waals surface area contributed by atoms with Crippen molar-refractivity contribution in [3.8, 4) is 0 Å². The van der Waals surface area contributed by atoms with Crippen LogP contribution < -0.4 is 0 Å². The first-order valence-corrected chi connectivity index (χ1v) is 18.7. The van der Waals surface area contributed by atoms with Crippen LogP contribution in [0.25, 0.3) is 0 Å². The third kappa shape index (κ3) is 9.47. The van der Waals surface area contributed by atoms with Crippen LogP contribution in [0.5, 0.6) is 0 Å². The Morgan fingerprint density at radius 1 is 0.923 bits per heavy atom. The van der Waals surface area contributed by atoms with Crippen LogP contribution in [0.4, 0.5) is 0 Å². The van der Waals surface area contributed by atoms with Crippen molar-refractivity contribution in [3.63, 3.8) is 0 Å². The highest BCUT2D eigenvalue weighted by atomic mass is 16.7. The third-order valence-electron chi connectivity index (χ3n) is 12.0. The number of nitrogens with zero attached hydrogens (tertiary/aromatic N) is 2. The van der Waals surface area contributed by atoms with E-state index in [-0.39, 0.29) is 37.1 Å². The number of aliphatic hydroxyl groups is 5. The second-order valence-electron chi connectivity index (χ2n) is 16.6. The minimum atomic E-state index is -1.97. The molecule has 0 bridgehead atoms. The maximum absolute atomic E-state index is 14.1. The number of likely N-dealkylation sites (N-methyl/N-ethyl adjacent to an activating group) is 1. The second kappa shape index (κ2) is 17.5. The molecule has 15 nitrogen and oxygen atoms in total. The topological polar surface area (TPSA) is 209 Å². The van der Waals surface area contributed by atoms with Gasteiger partial charge >= 0.3 is 5.97 Å². The first-order chi connectivity index (χ1) is 24.0. The van der Waals surface area contributed by atoms with E-state index in [0.29, 0.717) is 6.42 Å². The lowest BCUT2D eigenvalue weighted by Crippen LogP contribution is -2.61. The smallest absolute Gasteiger partial charge is 0.311 e. The molecule has 0 unspecified atom stereocenters. The highest BCUT2D eigenvalue weighted by Crippen LogP contribution is 2.41. The predicted octanol–water partition coefficient (Wildman–Crippen LogP) is 2.05. The molecule has 3 rings (SSSR count). The van der Waals surface area contributed by atoms with Crippen molar-refractivity contribution in [1.29, 1.82) is 0 Å². The normalized spacial score (nSPS) is 49.8. The number of ether oxygens (including phenoxy) is 6. The van der Waals surface area contributed by atoms with Crippen LogP contribution in [-0.4, -0.2) is 153 Å². The first-order valence-electron chi connectivity index (χ1n) is 18.7. The van der Waals surface area contributed by atoms with Gasteiger partial charge in [0.05, 0.1) is 53.4 Å². The van der Waals surface area contributed by atoms with E-state index < -0.39 is 102 Å². The van der Waals surface area contributed by atoms with E-state index >= 15 is 0 Å². The number of cyclic esters (lactones) is 1. The fraction of sp³-hybridized carbons (Fsp3) is 0.946. The molecule has 0 saturated carbocycles. The molecule has 0 aromatic rings. The molecule has 3 fully saturated rings. The number of carbonyl (C=O) groups excluding carboxylic acids is 1. The summed E-state index contributed by atoms with van der Waals surface area (Å²) in [6, 6.07) is -0.322. The SMILES string of the molecule is CC[C@H]1OC(=O)[C@H](C)[C@H](O[C@@H]2C[C@](C)(OC)[C@H](O)[C@@H](C)O2)[C@@H](C)[C@H](O[C@H]2O[C@H](C)C[C@H](N(C)C)[C@H]2O)[C@](C)(O)C[C@H](C)/C(=N\O)[C@H](C)[C@@H](O)[C@@]1(C)O. The maximum atomic E-state index is 14.1. The average Bonchev–Trinajstić information content (AvgIpc) is 3.06. The van der Waals surface area contributed by atoms with E-state index in [2.05, 4.69) is 5.16 Å². The minimum absolute atomic E-state index is 0.0657. The van der Waals surface area contributed by atoms with E-state index in [1.807, 2.05) is 25.9 Å². The van der Waals surface area contributed by atoms with Gasteiger partial charge in [0.1, 0.15) is 23.9 Å². The monoisotopic (exact) mass is 748 g/mol. The molecule has 0 aromatic carbocycles. The number of hydrogen-bond donors (Lipinski definition) is 6. The lowest BCUT2D eigenvalue weighted by molar-refractivity contribution is -0.317. The zero-order valence-electron chi connectivity index (χ0n) is 33.4. The van der Waals surface area contributed by atoms with Gasteiger partial charge in [-0.1, -0.05) is 32.9 Å². The van der Waals surface area contributed by atoms with Crippen LogP contribution in [-0.2, 0) is 33.2 Å². The summed E-state index contributed by atoms with van der Waals surface area (Å²) in [7, 11) is 5.19. The zero-order valence-corrected chi connectivity index (χ0v) is 33.4. The summed E-state index contributed by atoms with van der Waals surface area (Å²) < 4.78 is 37.2. The van der Waals surface area contributed by atoms with E-state index in [0.717, 1.165) is 0 Å². The Kier molecular flexibility index (Phi) is 15.1. The largest absolute Gasteiger partial charge is 0.459 e. The summed E-state index contributed by atoms with van der Waals surface area (Å²) in [6.45, 7) is 16.6. The Bertz CT molecular complexity index is 1200. The summed E-state index contributed by atoms with van der Waals surface area (Å²) in [4.78, 5) is 16.0. The van der Waals surface area contributed by atoms with Crippen LogP contribution in [0.2, 0.25) is 0 Å². The number of carbonyl (C=O) groups is 1. The fourth-order valence-electron chi connectivity index (χ4n) is 8.61. The molecule has 3 aliphatic heterocycles. The molecule has 3 heterocycles. The van der Waals surface area contributed by atoms with Gasteiger partial charge in [-0.2, -0.15) is 0 Å². The molecule has 304 valence electrons. The summed E-state index contributed by atoms with van der Waals surface area (Å²) in [5.41, 5.74) is -4.68. The van der Waals surface area contributed by atoms with Crippen molar-refractivity contribution < 1.29 is 64.0 Å². The van der Waals surface area contributed by atoms with Crippen LogP contribution in [0.15, 0.2) is 5.16 Å². The van der Waals surface area contributed by atoms with Crippen molar-refractivity contribution in [3.05, 3.63) is 0 Å². The van der Waals surface area contributed by atoms with Crippen molar-refractivity contribution in [1.82, 2.24) is 4.90 Å². The molecule has 0 aromatic heterocycles. The molecule has 0 radical (unpaired) electrons. The number of hydrogen-bond acceptors (Lipinski definition) is 15. The fourth-order valence-corrected chi connectivity index (χ4v) is 8.61. The van der Waals surface area contributed by atoms with Gasteiger partial charge in [-0.25, -0.2) is 0 Å². The van der Waals surface area contributed by atoms with Crippen molar-refractivity contribution in [2.75, 3.05) is 21.2 Å². The van der Waals surface area contributed by atoms with Gasteiger partial charge < -0.3 is 64.1 Å². The van der Waals surface area contributed by atoms with Gasteiger partial charge in [0.25, 0.3) is 0 Å². The lowest BCUT2D eigenvalue weighted by atomic mass is 9.73. The molecule has 0 amide bonds. The van der Waals surface area contributed by atoms with Gasteiger partial charge in [0, 0.05) is 37.3 Å². The lowest BCUT2D eigenvalue weighted by Gasteiger charge is -2.49. The standard InChI is InChI=1S/C37H68N2O13/c1-14-25-37(10,45)30(41)20(4)27(38-46)18(2)16-35(8,44)32(52-34-28(40)24(39(11)12)15-19(3)48-34)21(5)29(22(6)33(43)50-25)51-26-17-36(9,47-13)31(42)23(7)49-26/h18-26,28-32,34,40-42,44-46H,14-17H2,1-13H3/b38-27+/t18-,19+,20-,21+,22+,23+,24-,25+,26+,28+,29+,30+,31+,32-,34+,35+,36-,37-/m0/s1. The van der Waals surface area contributed by atoms with E-state index in [9.17, 15) is 35.5 Å². The molecular formula is C37H68N2O13.